The number of benzene rings is 1. The monoisotopic (exact) mass is 310 g/mol. The molecule has 0 amide bonds. The summed E-state index contributed by atoms with van der Waals surface area (Å²) in [4.78, 5) is 0. The SMILES string of the molecule is CCCC[C@H](C=NNc1ccc(N([O-])[O-])cc1N(O)O)CC. The highest BCUT2D eigenvalue weighted by Crippen LogP contribution is 2.29. The van der Waals surface area contributed by atoms with Crippen LogP contribution >= 0.6 is 0 Å². The predicted octanol–water partition coefficient (Wildman–Crippen LogP) is 3.69. The van der Waals surface area contributed by atoms with Crippen molar-refractivity contribution in [2.24, 2.45) is 11.0 Å². The molecule has 0 radical (unpaired) electrons. The molecule has 0 saturated carbocycles. The maximum atomic E-state index is 10.7. The first kappa shape index (κ1) is 18.2. The molecule has 0 fully saturated rings. The molecule has 0 aromatic heterocycles. The van der Waals surface area contributed by atoms with Crippen molar-refractivity contribution in [2.45, 2.75) is 39.5 Å². The molecule has 1 aromatic rings. The van der Waals surface area contributed by atoms with Gasteiger partial charge in [0.1, 0.15) is 5.69 Å². The van der Waals surface area contributed by atoms with E-state index in [1.165, 1.54) is 12.1 Å². The van der Waals surface area contributed by atoms with Crippen molar-refractivity contribution in [2.75, 3.05) is 15.9 Å². The molecule has 0 spiro atoms. The van der Waals surface area contributed by atoms with Gasteiger partial charge in [-0.3, -0.25) is 15.8 Å². The Kier molecular flexibility index (Phi) is 7.61. The topological polar surface area (TPSA) is 117 Å². The van der Waals surface area contributed by atoms with E-state index in [0.29, 0.717) is 5.92 Å². The van der Waals surface area contributed by atoms with Crippen LogP contribution in [0.5, 0.6) is 0 Å². The molecule has 22 heavy (non-hydrogen) atoms. The molecule has 8 heteroatoms. The first-order valence-electron chi connectivity index (χ1n) is 7.25. The van der Waals surface area contributed by atoms with Crippen molar-refractivity contribution >= 4 is 23.3 Å². The minimum Gasteiger partial charge on any atom is -0.769 e. The van der Waals surface area contributed by atoms with Crippen LogP contribution in [0.25, 0.3) is 0 Å². The second-order valence-electron chi connectivity index (χ2n) is 4.95. The molecule has 1 aromatic carbocycles. The molecule has 0 aliphatic rings. The van der Waals surface area contributed by atoms with E-state index in [0.717, 1.165) is 31.7 Å². The lowest BCUT2D eigenvalue weighted by Crippen LogP contribution is -2.14. The van der Waals surface area contributed by atoms with Gasteiger partial charge in [-0.15, -0.1) is 5.23 Å². The Morgan fingerprint density at radius 3 is 2.59 bits per heavy atom. The lowest BCUT2D eigenvalue weighted by molar-refractivity contribution is 0.0295. The molecule has 0 aliphatic carbocycles. The molecule has 0 unspecified atom stereocenters. The molecule has 0 saturated heterocycles. The van der Waals surface area contributed by atoms with Crippen LogP contribution in [0.2, 0.25) is 0 Å². The van der Waals surface area contributed by atoms with Crippen molar-refractivity contribution in [1.29, 1.82) is 0 Å². The third kappa shape index (κ3) is 5.49. The molecular weight excluding hydrogens is 288 g/mol. The summed E-state index contributed by atoms with van der Waals surface area (Å²) in [5.74, 6) is 0.341. The summed E-state index contributed by atoms with van der Waals surface area (Å²) in [6, 6.07) is 3.68. The highest BCUT2D eigenvalue weighted by Gasteiger charge is 2.08. The Morgan fingerprint density at radius 1 is 1.32 bits per heavy atom. The third-order valence-electron chi connectivity index (χ3n) is 3.33. The van der Waals surface area contributed by atoms with Gasteiger partial charge in [-0.25, -0.2) is 0 Å². The van der Waals surface area contributed by atoms with Crippen LogP contribution < -0.4 is 15.9 Å². The zero-order valence-electron chi connectivity index (χ0n) is 12.8. The fraction of sp³-hybridized carbons (Fsp3) is 0.500. The van der Waals surface area contributed by atoms with Crippen molar-refractivity contribution < 1.29 is 10.4 Å². The lowest BCUT2D eigenvalue weighted by Gasteiger charge is -2.37. The second-order valence-corrected chi connectivity index (χ2v) is 4.95. The van der Waals surface area contributed by atoms with E-state index in [1.54, 1.807) is 6.21 Å². The molecule has 124 valence electrons. The molecule has 0 bridgehead atoms. The van der Waals surface area contributed by atoms with Gasteiger partial charge in [-0.05, 0) is 37.0 Å². The maximum Gasteiger partial charge on any atom is 0.121 e. The smallest absolute Gasteiger partial charge is 0.121 e. The minimum absolute atomic E-state index is 0.145. The number of rotatable bonds is 9. The number of hydrazone groups is 1. The number of hydrogen-bond donors (Lipinski definition) is 3. The molecule has 1 rings (SSSR count). The Balaban J connectivity index is 2.79. The highest BCUT2D eigenvalue weighted by molar-refractivity contribution is 5.74. The van der Waals surface area contributed by atoms with Crippen molar-refractivity contribution in [3.05, 3.63) is 28.6 Å². The van der Waals surface area contributed by atoms with E-state index in [-0.39, 0.29) is 22.3 Å². The van der Waals surface area contributed by atoms with Gasteiger partial charge >= 0.3 is 0 Å². The van der Waals surface area contributed by atoms with E-state index in [9.17, 15) is 10.4 Å². The van der Waals surface area contributed by atoms with Crippen LogP contribution in [0, 0.1) is 16.3 Å². The van der Waals surface area contributed by atoms with Crippen LogP contribution in [0.15, 0.2) is 23.3 Å². The number of nitrogens with zero attached hydrogens (tertiary/aromatic N) is 3. The van der Waals surface area contributed by atoms with Gasteiger partial charge in [0, 0.05) is 11.9 Å². The third-order valence-corrected chi connectivity index (χ3v) is 3.33. The van der Waals surface area contributed by atoms with Gasteiger partial charge in [0.05, 0.1) is 5.69 Å². The molecule has 3 N–H and O–H groups in total. The highest BCUT2D eigenvalue weighted by atomic mass is 16.8. The Morgan fingerprint density at radius 2 is 2.05 bits per heavy atom. The molecule has 0 heterocycles. The summed E-state index contributed by atoms with van der Waals surface area (Å²) in [5.41, 5.74) is 2.56. The Hall–Kier alpha value is -1.87. The summed E-state index contributed by atoms with van der Waals surface area (Å²) >= 11 is 0. The summed E-state index contributed by atoms with van der Waals surface area (Å²) < 4.78 is 0. The number of hydrogen-bond acceptors (Lipinski definition) is 8. The summed E-state index contributed by atoms with van der Waals surface area (Å²) in [6.45, 7) is 4.20. The fourth-order valence-electron chi connectivity index (χ4n) is 1.96. The van der Waals surface area contributed by atoms with Gasteiger partial charge in [0.2, 0.25) is 0 Å². The minimum atomic E-state index is -0.613. The van der Waals surface area contributed by atoms with Gasteiger partial charge in [-0.1, -0.05) is 26.7 Å². The van der Waals surface area contributed by atoms with Crippen LogP contribution in [-0.4, -0.2) is 16.6 Å². The molecule has 0 aliphatic heterocycles. The summed E-state index contributed by atoms with van der Waals surface area (Å²) in [5, 5.41) is 43.0. The van der Waals surface area contributed by atoms with E-state index in [4.69, 9.17) is 10.4 Å². The first-order chi connectivity index (χ1) is 10.5. The van der Waals surface area contributed by atoms with Gasteiger partial charge in [0.15, 0.2) is 0 Å². The Bertz CT molecular complexity index is 480. The van der Waals surface area contributed by atoms with Gasteiger partial charge in [0.25, 0.3) is 0 Å². The first-order valence-corrected chi connectivity index (χ1v) is 7.25. The van der Waals surface area contributed by atoms with Gasteiger partial charge < -0.3 is 15.6 Å². The number of unbranched alkanes of at least 4 members (excludes halogenated alkanes) is 1. The summed E-state index contributed by atoms with van der Waals surface area (Å²) in [7, 11) is 0. The predicted molar refractivity (Wildman–Crippen MR) is 87.1 cm³/mol. The van der Waals surface area contributed by atoms with Gasteiger partial charge in [-0.2, -0.15) is 5.10 Å². The average Bonchev–Trinajstić information content (AvgIpc) is 2.50. The fourth-order valence-corrected chi connectivity index (χ4v) is 1.96. The Labute approximate surface area is 129 Å². The van der Waals surface area contributed by atoms with E-state index >= 15 is 0 Å². The zero-order chi connectivity index (χ0) is 16.5. The normalized spacial score (nSPS) is 12.5. The molecule has 8 nitrogen and oxygen atoms in total. The van der Waals surface area contributed by atoms with E-state index < -0.39 is 5.23 Å². The quantitative estimate of drug-likeness (QED) is 0.470. The molecule has 1 atom stereocenters. The molecular formula is C14H22N4O4-2. The average molecular weight is 310 g/mol. The number of anilines is 3. The van der Waals surface area contributed by atoms with Crippen molar-refractivity contribution in [3.8, 4) is 0 Å². The van der Waals surface area contributed by atoms with Crippen LogP contribution in [0.1, 0.15) is 39.5 Å². The maximum absolute atomic E-state index is 10.7. The second kappa shape index (κ2) is 9.21. The van der Waals surface area contributed by atoms with Crippen LogP contribution in [0.3, 0.4) is 0 Å². The standard InChI is InChI=1S/C14H22N4O4/c1-3-5-6-11(4-2)10-15-16-13-8-7-12(17(19)20)9-14(13)18(21)22/h7-11,16,21-22H,3-6H2,1-2H3/q-2/t11-/m1/s1. The number of nitrogens with one attached hydrogen (secondary N) is 1. The summed E-state index contributed by atoms with van der Waals surface area (Å²) in [6.07, 6.45) is 6.02. The van der Waals surface area contributed by atoms with E-state index in [2.05, 4.69) is 24.4 Å². The largest absolute Gasteiger partial charge is 0.769 e. The van der Waals surface area contributed by atoms with Crippen molar-refractivity contribution in [3.63, 3.8) is 0 Å². The van der Waals surface area contributed by atoms with E-state index in [1.807, 2.05) is 0 Å². The van der Waals surface area contributed by atoms with Crippen molar-refractivity contribution in [1.82, 2.24) is 0 Å². The van der Waals surface area contributed by atoms with Crippen LogP contribution in [0.4, 0.5) is 17.1 Å². The van der Waals surface area contributed by atoms with Crippen LogP contribution in [-0.2, 0) is 0 Å². The lowest BCUT2D eigenvalue weighted by atomic mass is 10.0. The zero-order valence-corrected chi connectivity index (χ0v) is 12.8.